The molecule has 2 heterocycles. The summed E-state index contributed by atoms with van der Waals surface area (Å²) in [6, 6.07) is 5.07. The fourth-order valence-electron chi connectivity index (χ4n) is 6.02. The minimum atomic E-state index is -5.08. The quantitative estimate of drug-likeness (QED) is 0.620. The number of nitrogens with one attached hydrogen (secondary N) is 1. The molecule has 9 heteroatoms. The average Bonchev–Trinajstić information content (AvgIpc) is 2.74. The Hall–Kier alpha value is -2.00. The Bertz CT molecular complexity index is 822. The van der Waals surface area contributed by atoms with Crippen LogP contribution in [0, 0.1) is 5.92 Å². The van der Waals surface area contributed by atoms with Crippen LogP contribution < -0.4 is 10.2 Å². The van der Waals surface area contributed by atoms with Crippen LogP contribution in [-0.2, 0) is 21.4 Å². The largest absolute Gasteiger partial charge is 0.506 e. The van der Waals surface area contributed by atoms with E-state index in [9.17, 15) is 18.3 Å². The molecule has 1 saturated carbocycles. The number of aliphatic carboxylic acids is 1. The van der Waals surface area contributed by atoms with Gasteiger partial charge in [0, 0.05) is 24.5 Å². The van der Waals surface area contributed by atoms with E-state index in [4.69, 9.17) is 14.6 Å². The van der Waals surface area contributed by atoms with Gasteiger partial charge in [-0.2, -0.15) is 13.2 Å². The minimum absolute atomic E-state index is 0.322. The van der Waals surface area contributed by atoms with E-state index in [0.717, 1.165) is 50.9 Å². The van der Waals surface area contributed by atoms with Crippen LogP contribution in [0.1, 0.15) is 43.2 Å². The van der Waals surface area contributed by atoms with Crippen molar-refractivity contribution in [2.75, 3.05) is 37.7 Å². The van der Waals surface area contributed by atoms with Crippen molar-refractivity contribution in [3.8, 4) is 5.75 Å². The van der Waals surface area contributed by atoms with Crippen molar-refractivity contribution in [2.45, 2.75) is 56.2 Å². The van der Waals surface area contributed by atoms with Crippen molar-refractivity contribution < 1.29 is 32.9 Å². The predicted octanol–water partition coefficient (Wildman–Crippen LogP) is 3.21. The van der Waals surface area contributed by atoms with E-state index in [0.29, 0.717) is 17.2 Å². The molecule has 31 heavy (non-hydrogen) atoms. The molecule has 172 valence electrons. The van der Waals surface area contributed by atoms with Gasteiger partial charge >= 0.3 is 12.1 Å². The Morgan fingerprint density at radius 3 is 2.58 bits per heavy atom. The molecule has 3 fully saturated rings. The van der Waals surface area contributed by atoms with Gasteiger partial charge in [-0.1, -0.05) is 12.8 Å². The maximum Gasteiger partial charge on any atom is 0.490 e. The molecule has 0 aromatic heterocycles. The van der Waals surface area contributed by atoms with E-state index in [2.05, 4.69) is 22.3 Å². The molecule has 5 rings (SSSR count). The van der Waals surface area contributed by atoms with Crippen LogP contribution in [0.4, 0.5) is 18.9 Å². The number of hydrogen-bond acceptors (Lipinski definition) is 5. The Morgan fingerprint density at radius 1 is 1.19 bits per heavy atom. The number of phenolic OH excluding ortho intramolecular Hbond substituents is 1. The van der Waals surface area contributed by atoms with Crippen molar-refractivity contribution in [1.29, 1.82) is 0 Å². The van der Waals surface area contributed by atoms with Crippen molar-refractivity contribution >= 4 is 11.7 Å². The summed E-state index contributed by atoms with van der Waals surface area (Å²) in [6.45, 7) is 4.40. The normalized spacial score (nSPS) is 29.8. The lowest BCUT2D eigenvalue weighted by Gasteiger charge is -2.56. The molecule has 6 nitrogen and oxygen atoms in total. The van der Waals surface area contributed by atoms with Gasteiger partial charge in [0.2, 0.25) is 0 Å². The van der Waals surface area contributed by atoms with Crippen LogP contribution in [0.5, 0.6) is 5.75 Å². The number of fused-ring (bicyclic) bond motifs is 1. The van der Waals surface area contributed by atoms with Gasteiger partial charge in [-0.3, -0.25) is 0 Å². The number of hydrogen-bond donors (Lipinski definition) is 3. The second-order valence-corrected chi connectivity index (χ2v) is 8.92. The highest BCUT2D eigenvalue weighted by Gasteiger charge is 2.51. The Morgan fingerprint density at radius 2 is 1.90 bits per heavy atom. The lowest BCUT2D eigenvalue weighted by atomic mass is 9.53. The molecule has 1 aromatic carbocycles. The summed E-state index contributed by atoms with van der Waals surface area (Å²) < 4.78 is 37.2. The van der Waals surface area contributed by atoms with Crippen LogP contribution in [-0.4, -0.2) is 61.2 Å². The number of halogens is 3. The van der Waals surface area contributed by atoms with E-state index in [1.807, 2.05) is 0 Å². The zero-order valence-corrected chi connectivity index (χ0v) is 17.4. The Kier molecular flexibility index (Phi) is 6.09. The number of nitrogens with zero attached hydrogens (tertiary/aromatic N) is 1. The monoisotopic (exact) mass is 442 g/mol. The maximum atomic E-state index is 10.8. The second kappa shape index (κ2) is 8.50. The molecule has 2 aliphatic carbocycles. The molecule has 3 atom stereocenters. The SMILES string of the molecule is O=C(O)C(F)(F)F.Oc1cc2c(cc1N1CCOCC1)C[C@@H]1NCC[C@]23CCCC[C@H]13. The highest BCUT2D eigenvalue weighted by atomic mass is 19.4. The van der Waals surface area contributed by atoms with Gasteiger partial charge in [0.05, 0.1) is 18.9 Å². The number of benzene rings is 1. The van der Waals surface area contributed by atoms with Gasteiger partial charge in [0.1, 0.15) is 5.75 Å². The number of aromatic hydroxyl groups is 1. The molecule has 4 aliphatic rings. The van der Waals surface area contributed by atoms with Crippen LogP contribution in [0.25, 0.3) is 0 Å². The number of phenols is 1. The van der Waals surface area contributed by atoms with Gasteiger partial charge in [0.15, 0.2) is 0 Å². The summed E-state index contributed by atoms with van der Waals surface area (Å²) in [6.07, 6.45) is 2.64. The highest BCUT2D eigenvalue weighted by Crippen LogP contribution is 2.55. The van der Waals surface area contributed by atoms with E-state index < -0.39 is 12.1 Å². The maximum absolute atomic E-state index is 10.8. The van der Waals surface area contributed by atoms with Gasteiger partial charge < -0.3 is 25.2 Å². The number of carboxylic acid groups (broad SMARTS) is 1. The molecular weight excluding hydrogens is 413 g/mol. The van der Waals surface area contributed by atoms with Crippen LogP contribution >= 0.6 is 0 Å². The highest BCUT2D eigenvalue weighted by molar-refractivity contribution is 5.73. The second-order valence-electron chi connectivity index (χ2n) is 8.92. The Balaban J connectivity index is 0.000000289. The molecule has 0 radical (unpaired) electrons. The van der Waals surface area contributed by atoms with Gasteiger partial charge in [0.25, 0.3) is 0 Å². The summed E-state index contributed by atoms with van der Waals surface area (Å²) in [7, 11) is 0. The number of carboxylic acids is 1. The summed E-state index contributed by atoms with van der Waals surface area (Å²) >= 11 is 0. The molecule has 0 spiro atoms. The zero-order chi connectivity index (χ0) is 22.2. The summed E-state index contributed by atoms with van der Waals surface area (Å²) in [4.78, 5) is 11.2. The van der Waals surface area contributed by atoms with Gasteiger partial charge in [-0.05, 0) is 61.4 Å². The van der Waals surface area contributed by atoms with E-state index in [-0.39, 0.29) is 0 Å². The number of piperidine rings is 1. The molecule has 2 aliphatic heterocycles. The smallest absolute Gasteiger partial charge is 0.490 e. The third-order valence-corrected chi connectivity index (χ3v) is 7.33. The number of carbonyl (C=O) groups is 1. The number of anilines is 1. The number of alkyl halides is 3. The molecule has 2 saturated heterocycles. The lowest BCUT2D eigenvalue weighted by molar-refractivity contribution is -0.192. The summed E-state index contributed by atoms with van der Waals surface area (Å²) in [5.41, 5.74) is 4.29. The Labute approximate surface area is 179 Å². The van der Waals surface area contributed by atoms with E-state index in [1.54, 1.807) is 0 Å². The molecule has 0 amide bonds. The summed E-state index contributed by atoms with van der Waals surface area (Å²) in [5, 5.41) is 21.7. The van der Waals surface area contributed by atoms with Crippen LogP contribution in [0.2, 0.25) is 0 Å². The average molecular weight is 442 g/mol. The first-order valence-electron chi connectivity index (χ1n) is 10.9. The number of morpholine rings is 1. The first kappa shape index (κ1) is 22.2. The number of rotatable bonds is 1. The van der Waals surface area contributed by atoms with Crippen molar-refractivity contribution in [3.63, 3.8) is 0 Å². The standard InChI is InChI=1S/C20H28N2O2.C2HF3O2/c23-19-13-16-14(12-18(19)22-7-9-24-10-8-22)11-17-15-3-1-2-4-20(15,16)5-6-21-17;3-2(4,5)1(6)7/h12-13,15,17,21,23H,1-11H2;(H,6,7)/t15-,17+,20+;/m1./s1. The van der Waals surface area contributed by atoms with E-state index >= 15 is 0 Å². The van der Waals surface area contributed by atoms with Crippen molar-refractivity contribution in [1.82, 2.24) is 5.32 Å². The topological polar surface area (TPSA) is 82.0 Å². The van der Waals surface area contributed by atoms with Crippen molar-refractivity contribution in [2.24, 2.45) is 5.92 Å². The molecule has 1 aromatic rings. The lowest BCUT2D eigenvalue weighted by Crippen LogP contribution is -2.59. The fraction of sp³-hybridized carbons (Fsp3) is 0.682. The number of ether oxygens (including phenoxy) is 1. The van der Waals surface area contributed by atoms with E-state index in [1.165, 1.54) is 43.2 Å². The molecule has 3 N–H and O–H groups in total. The van der Waals surface area contributed by atoms with Crippen LogP contribution in [0.3, 0.4) is 0 Å². The minimum Gasteiger partial charge on any atom is -0.506 e. The zero-order valence-electron chi connectivity index (χ0n) is 17.4. The molecule has 2 bridgehead atoms. The summed E-state index contributed by atoms with van der Waals surface area (Å²) in [5.74, 6) is -1.51. The third kappa shape index (κ3) is 4.22. The van der Waals surface area contributed by atoms with Gasteiger partial charge in [-0.25, -0.2) is 4.79 Å². The first-order valence-corrected chi connectivity index (χ1v) is 10.9. The molecular formula is C22H29F3N2O4. The molecule has 0 unspecified atom stereocenters. The van der Waals surface area contributed by atoms with Gasteiger partial charge in [-0.15, -0.1) is 0 Å². The fourth-order valence-corrected chi connectivity index (χ4v) is 6.02. The predicted molar refractivity (Wildman–Crippen MR) is 109 cm³/mol. The first-order chi connectivity index (χ1) is 14.7. The van der Waals surface area contributed by atoms with Crippen LogP contribution in [0.15, 0.2) is 12.1 Å². The third-order valence-electron chi connectivity index (χ3n) is 7.33. The van der Waals surface area contributed by atoms with Crippen molar-refractivity contribution in [3.05, 3.63) is 23.3 Å².